The summed E-state index contributed by atoms with van der Waals surface area (Å²) in [7, 11) is 3.60. The largest absolute Gasteiger partial charge is 0.497 e. The molecule has 1 amide bonds. The molecule has 0 saturated heterocycles. The maximum Gasteiger partial charge on any atom is 0.279 e. The van der Waals surface area contributed by atoms with Gasteiger partial charge in [-0.2, -0.15) is 4.99 Å². The van der Waals surface area contributed by atoms with Gasteiger partial charge in [0.2, 0.25) is 0 Å². The number of hydrogen-bond donors (Lipinski definition) is 0. The summed E-state index contributed by atoms with van der Waals surface area (Å²) in [6.45, 7) is 2.00. The molecule has 4 rings (SSSR count). The van der Waals surface area contributed by atoms with Crippen molar-refractivity contribution in [2.24, 2.45) is 12.0 Å². The van der Waals surface area contributed by atoms with Crippen LogP contribution in [0.1, 0.15) is 15.9 Å². The lowest BCUT2D eigenvalue weighted by Crippen LogP contribution is -2.14. The first kappa shape index (κ1) is 19.9. The zero-order valence-corrected chi connectivity index (χ0v) is 17.9. The molecular formula is C25H22N2O2S. The lowest BCUT2D eigenvalue weighted by atomic mass is 10.1. The molecule has 0 unspecified atom stereocenters. The van der Waals surface area contributed by atoms with Crippen LogP contribution in [0.25, 0.3) is 21.7 Å². The zero-order chi connectivity index (χ0) is 21.1. The Kier molecular flexibility index (Phi) is 5.63. The first-order valence-electron chi connectivity index (χ1n) is 9.62. The molecule has 0 saturated carbocycles. The number of carbonyl (C=O) groups excluding carboxylic acids is 1. The van der Waals surface area contributed by atoms with Gasteiger partial charge < -0.3 is 9.30 Å². The van der Waals surface area contributed by atoms with E-state index in [4.69, 9.17) is 4.74 Å². The van der Waals surface area contributed by atoms with Crippen molar-refractivity contribution in [1.82, 2.24) is 4.57 Å². The van der Waals surface area contributed by atoms with Gasteiger partial charge in [-0.15, -0.1) is 0 Å². The predicted molar refractivity (Wildman–Crippen MR) is 122 cm³/mol. The predicted octanol–water partition coefficient (Wildman–Crippen LogP) is 5.48. The Hall–Kier alpha value is -3.44. The third kappa shape index (κ3) is 3.98. The summed E-state index contributed by atoms with van der Waals surface area (Å²) >= 11 is 1.51. The van der Waals surface area contributed by atoms with Crippen LogP contribution in [0.3, 0.4) is 0 Å². The monoisotopic (exact) mass is 414 g/mol. The van der Waals surface area contributed by atoms with Gasteiger partial charge in [-0.1, -0.05) is 59.4 Å². The highest BCUT2D eigenvalue weighted by Crippen LogP contribution is 2.34. The fourth-order valence-electron chi connectivity index (χ4n) is 3.26. The van der Waals surface area contributed by atoms with Crippen LogP contribution in [0.4, 0.5) is 0 Å². The first-order chi connectivity index (χ1) is 14.6. The van der Waals surface area contributed by atoms with Crippen molar-refractivity contribution in [2.45, 2.75) is 6.92 Å². The Balaban J connectivity index is 1.87. The van der Waals surface area contributed by atoms with Crippen LogP contribution in [0.2, 0.25) is 0 Å². The number of benzene rings is 3. The quantitative estimate of drug-likeness (QED) is 0.444. The summed E-state index contributed by atoms with van der Waals surface area (Å²) in [4.78, 5) is 18.9. The second kappa shape index (κ2) is 8.51. The fourth-order valence-corrected chi connectivity index (χ4v) is 4.40. The summed E-state index contributed by atoms with van der Waals surface area (Å²) in [5, 5.41) is 0. The molecule has 0 aliphatic carbocycles. The SMILES string of the molecule is COc1ccc(-c2c(-c3ccccc3)sc(=NC(=O)c3ccc(C)cc3)n2C)cc1. The molecule has 150 valence electrons. The highest BCUT2D eigenvalue weighted by Gasteiger charge is 2.16. The summed E-state index contributed by atoms with van der Waals surface area (Å²) in [6, 6.07) is 25.6. The summed E-state index contributed by atoms with van der Waals surface area (Å²) < 4.78 is 7.28. The van der Waals surface area contributed by atoms with Gasteiger partial charge in [0, 0.05) is 12.6 Å². The minimum Gasteiger partial charge on any atom is -0.497 e. The number of ether oxygens (including phenoxy) is 1. The van der Waals surface area contributed by atoms with Crippen LogP contribution in [-0.2, 0) is 7.05 Å². The van der Waals surface area contributed by atoms with Crippen LogP contribution >= 0.6 is 11.3 Å². The van der Waals surface area contributed by atoms with Gasteiger partial charge in [-0.25, -0.2) is 0 Å². The van der Waals surface area contributed by atoms with E-state index in [1.54, 1.807) is 7.11 Å². The molecule has 0 atom stereocenters. The third-order valence-electron chi connectivity index (χ3n) is 4.93. The third-order valence-corrected chi connectivity index (χ3v) is 6.11. The molecule has 3 aromatic carbocycles. The molecule has 4 aromatic rings. The molecular weight excluding hydrogens is 392 g/mol. The van der Waals surface area contributed by atoms with E-state index in [0.717, 1.165) is 33.0 Å². The minimum atomic E-state index is -0.243. The molecule has 4 nitrogen and oxygen atoms in total. The second-order valence-electron chi connectivity index (χ2n) is 7.00. The van der Waals surface area contributed by atoms with Gasteiger partial charge in [0.25, 0.3) is 5.91 Å². The average Bonchev–Trinajstić information content (AvgIpc) is 3.10. The van der Waals surface area contributed by atoms with Crippen LogP contribution in [0.5, 0.6) is 5.75 Å². The highest BCUT2D eigenvalue weighted by atomic mass is 32.1. The van der Waals surface area contributed by atoms with Gasteiger partial charge in [0.05, 0.1) is 17.7 Å². The number of hydrogen-bond acceptors (Lipinski definition) is 3. The summed E-state index contributed by atoms with van der Waals surface area (Å²) in [5.74, 6) is 0.560. The van der Waals surface area contributed by atoms with E-state index in [1.165, 1.54) is 11.3 Å². The van der Waals surface area contributed by atoms with Gasteiger partial charge in [0.15, 0.2) is 4.80 Å². The van der Waals surface area contributed by atoms with E-state index in [9.17, 15) is 4.79 Å². The Morgan fingerprint density at radius 3 is 2.20 bits per heavy atom. The van der Waals surface area contributed by atoms with Crippen molar-refractivity contribution in [3.63, 3.8) is 0 Å². The van der Waals surface area contributed by atoms with E-state index in [-0.39, 0.29) is 5.91 Å². The number of aromatic nitrogens is 1. The van der Waals surface area contributed by atoms with Crippen molar-refractivity contribution in [2.75, 3.05) is 7.11 Å². The Bertz CT molecular complexity index is 1240. The minimum absolute atomic E-state index is 0.243. The fraction of sp³-hybridized carbons (Fsp3) is 0.120. The number of rotatable bonds is 4. The molecule has 1 heterocycles. The maximum atomic E-state index is 12.8. The Morgan fingerprint density at radius 1 is 0.900 bits per heavy atom. The summed E-state index contributed by atoms with van der Waals surface area (Å²) in [6.07, 6.45) is 0. The number of carbonyl (C=O) groups is 1. The van der Waals surface area contributed by atoms with Crippen LogP contribution < -0.4 is 9.54 Å². The normalized spacial score (nSPS) is 11.5. The van der Waals surface area contributed by atoms with E-state index in [1.807, 2.05) is 85.3 Å². The van der Waals surface area contributed by atoms with Crippen LogP contribution in [0, 0.1) is 6.92 Å². The molecule has 0 N–H and O–H groups in total. The van der Waals surface area contributed by atoms with E-state index in [0.29, 0.717) is 10.4 Å². The van der Waals surface area contributed by atoms with E-state index < -0.39 is 0 Å². The summed E-state index contributed by atoms with van der Waals surface area (Å²) in [5.41, 5.74) is 4.85. The topological polar surface area (TPSA) is 43.6 Å². The maximum absolute atomic E-state index is 12.8. The number of nitrogens with zero attached hydrogens (tertiary/aromatic N) is 2. The van der Waals surface area contributed by atoms with Gasteiger partial charge >= 0.3 is 0 Å². The number of thiazole rings is 1. The molecule has 0 aliphatic rings. The molecule has 0 aliphatic heterocycles. The Labute approximate surface area is 179 Å². The lowest BCUT2D eigenvalue weighted by molar-refractivity contribution is 0.0998. The molecule has 0 spiro atoms. The molecule has 1 aromatic heterocycles. The van der Waals surface area contributed by atoms with E-state index in [2.05, 4.69) is 17.1 Å². The average molecular weight is 415 g/mol. The molecule has 0 radical (unpaired) electrons. The smallest absolute Gasteiger partial charge is 0.279 e. The number of amides is 1. The highest BCUT2D eigenvalue weighted by molar-refractivity contribution is 7.13. The second-order valence-corrected chi connectivity index (χ2v) is 7.98. The van der Waals surface area contributed by atoms with Crippen LogP contribution in [-0.4, -0.2) is 17.6 Å². The number of aryl methyl sites for hydroxylation is 1. The van der Waals surface area contributed by atoms with Crippen molar-refractivity contribution >= 4 is 17.2 Å². The molecule has 30 heavy (non-hydrogen) atoms. The zero-order valence-electron chi connectivity index (χ0n) is 17.1. The van der Waals surface area contributed by atoms with E-state index >= 15 is 0 Å². The van der Waals surface area contributed by atoms with Crippen molar-refractivity contribution in [3.05, 3.63) is 94.8 Å². The van der Waals surface area contributed by atoms with Gasteiger partial charge in [0.1, 0.15) is 5.75 Å². The van der Waals surface area contributed by atoms with Crippen molar-refractivity contribution < 1.29 is 9.53 Å². The first-order valence-corrected chi connectivity index (χ1v) is 10.4. The number of methoxy groups -OCH3 is 1. The molecule has 0 bridgehead atoms. The van der Waals surface area contributed by atoms with Crippen molar-refractivity contribution in [1.29, 1.82) is 0 Å². The van der Waals surface area contributed by atoms with Crippen molar-refractivity contribution in [3.8, 4) is 27.4 Å². The molecule has 0 fully saturated rings. The Morgan fingerprint density at radius 2 is 1.57 bits per heavy atom. The lowest BCUT2D eigenvalue weighted by Gasteiger charge is -2.08. The molecule has 5 heteroatoms. The van der Waals surface area contributed by atoms with Gasteiger partial charge in [-0.05, 0) is 54.4 Å². The van der Waals surface area contributed by atoms with Gasteiger partial charge in [-0.3, -0.25) is 4.79 Å². The standard InChI is InChI=1S/C25H22N2O2S/c1-17-9-11-20(12-10-17)24(28)26-25-27(2)22(18-13-15-21(29-3)16-14-18)23(30-25)19-7-5-4-6-8-19/h4-16H,1-3H3. The van der Waals surface area contributed by atoms with Crippen LogP contribution in [0.15, 0.2) is 83.9 Å².